The van der Waals surface area contributed by atoms with Gasteiger partial charge in [-0.1, -0.05) is 13.3 Å². The van der Waals surface area contributed by atoms with Crippen molar-refractivity contribution in [2.75, 3.05) is 13.1 Å². The van der Waals surface area contributed by atoms with Crippen molar-refractivity contribution in [3.8, 4) is 0 Å². The molecule has 1 amide bonds. The maximum absolute atomic E-state index is 13.8. The van der Waals surface area contributed by atoms with E-state index in [1.54, 1.807) is 4.90 Å². The second-order valence-electron chi connectivity index (χ2n) is 5.00. The zero-order valence-corrected chi connectivity index (χ0v) is 12.0. The van der Waals surface area contributed by atoms with E-state index < -0.39 is 21.7 Å². The van der Waals surface area contributed by atoms with Crippen LogP contribution >= 0.6 is 0 Å². The number of amides is 1. The number of rotatable bonds is 3. The van der Waals surface area contributed by atoms with Crippen LogP contribution in [0, 0.1) is 11.7 Å². The first-order valence-corrected chi connectivity index (χ1v) is 7.99. The highest BCUT2D eigenvalue weighted by atomic mass is 32.2. The summed E-state index contributed by atoms with van der Waals surface area (Å²) in [7, 11) is -3.95. The van der Waals surface area contributed by atoms with Crippen molar-refractivity contribution < 1.29 is 17.6 Å². The van der Waals surface area contributed by atoms with E-state index in [0.717, 1.165) is 31.0 Å². The van der Waals surface area contributed by atoms with Crippen LogP contribution in [0.15, 0.2) is 23.1 Å². The number of benzene rings is 1. The Morgan fingerprint density at radius 3 is 2.75 bits per heavy atom. The number of halogens is 1. The average Bonchev–Trinajstić information content (AvgIpc) is 2.86. The van der Waals surface area contributed by atoms with Crippen LogP contribution in [0.5, 0.6) is 0 Å². The topological polar surface area (TPSA) is 80.5 Å². The van der Waals surface area contributed by atoms with Crippen LogP contribution in [0.1, 0.15) is 30.1 Å². The SMILES string of the molecule is CCC1CCN(C(=O)c2cc(S(N)(=O)=O)ccc2F)C1. The van der Waals surface area contributed by atoms with E-state index >= 15 is 0 Å². The molecule has 0 aliphatic carbocycles. The van der Waals surface area contributed by atoms with Crippen LogP contribution in [0.4, 0.5) is 4.39 Å². The number of primary sulfonamides is 1. The Hall–Kier alpha value is -1.47. The molecule has 1 aliphatic rings. The summed E-state index contributed by atoms with van der Waals surface area (Å²) in [6.45, 7) is 3.19. The minimum Gasteiger partial charge on any atom is -0.338 e. The predicted molar refractivity (Wildman–Crippen MR) is 72.1 cm³/mol. The molecular formula is C13H17FN2O3S. The van der Waals surface area contributed by atoms with Crippen LogP contribution < -0.4 is 5.14 Å². The predicted octanol–water partition coefficient (Wildman–Crippen LogP) is 1.35. The van der Waals surface area contributed by atoms with Crippen molar-refractivity contribution in [2.24, 2.45) is 11.1 Å². The number of sulfonamides is 1. The molecule has 1 aliphatic heterocycles. The normalized spacial score (nSPS) is 19.4. The smallest absolute Gasteiger partial charge is 0.256 e. The number of nitrogens with two attached hydrogens (primary N) is 1. The minimum absolute atomic E-state index is 0.242. The highest BCUT2D eigenvalue weighted by Gasteiger charge is 2.28. The first kappa shape index (κ1) is 14.9. The van der Waals surface area contributed by atoms with Crippen molar-refractivity contribution >= 4 is 15.9 Å². The first-order valence-electron chi connectivity index (χ1n) is 6.44. The zero-order valence-electron chi connectivity index (χ0n) is 11.2. The highest BCUT2D eigenvalue weighted by Crippen LogP contribution is 2.23. The van der Waals surface area contributed by atoms with Crippen LogP contribution in [-0.2, 0) is 10.0 Å². The standard InChI is InChI=1S/C13H17FN2O3S/c1-2-9-5-6-16(8-9)13(17)11-7-10(20(15,18)19)3-4-12(11)14/h3-4,7,9H,2,5-6,8H2,1H3,(H2,15,18,19). The van der Waals surface area contributed by atoms with Crippen LogP contribution in [0.2, 0.25) is 0 Å². The summed E-state index contributed by atoms with van der Waals surface area (Å²) in [4.78, 5) is 13.6. The van der Waals surface area contributed by atoms with Gasteiger partial charge in [0.25, 0.3) is 5.91 Å². The summed E-state index contributed by atoms with van der Waals surface area (Å²) < 4.78 is 36.3. The fourth-order valence-corrected chi connectivity index (χ4v) is 2.91. The van der Waals surface area contributed by atoms with Gasteiger partial charge in [-0.05, 0) is 30.5 Å². The maximum Gasteiger partial charge on any atom is 0.256 e. The molecule has 0 aromatic heterocycles. The monoisotopic (exact) mass is 300 g/mol. The first-order chi connectivity index (χ1) is 9.32. The molecule has 1 aromatic rings. The molecule has 0 radical (unpaired) electrons. The molecule has 5 nitrogen and oxygen atoms in total. The van der Waals surface area contributed by atoms with Crippen LogP contribution in [0.3, 0.4) is 0 Å². The third kappa shape index (κ3) is 2.99. The van der Waals surface area contributed by atoms with Gasteiger partial charge >= 0.3 is 0 Å². The zero-order chi connectivity index (χ0) is 14.9. The molecule has 1 saturated heterocycles. The molecule has 1 heterocycles. The number of nitrogens with zero attached hydrogens (tertiary/aromatic N) is 1. The second-order valence-corrected chi connectivity index (χ2v) is 6.56. The van der Waals surface area contributed by atoms with E-state index in [1.165, 1.54) is 0 Å². The number of carbonyl (C=O) groups excluding carboxylic acids is 1. The van der Waals surface area contributed by atoms with Gasteiger partial charge in [0.2, 0.25) is 10.0 Å². The van der Waals surface area contributed by atoms with Crippen molar-refractivity contribution in [3.05, 3.63) is 29.6 Å². The Kier molecular flexibility index (Phi) is 4.10. The van der Waals surface area contributed by atoms with E-state index in [-0.39, 0.29) is 10.5 Å². The van der Waals surface area contributed by atoms with Crippen LogP contribution in [-0.4, -0.2) is 32.3 Å². The molecule has 0 bridgehead atoms. The Labute approximate surface area is 117 Å². The third-order valence-corrected chi connectivity index (χ3v) is 4.56. The number of hydrogen-bond donors (Lipinski definition) is 1. The fraction of sp³-hybridized carbons (Fsp3) is 0.462. The van der Waals surface area contributed by atoms with Gasteiger partial charge in [-0.2, -0.15) is 0 Å². The van der Waals surface area contributed by atoms with Gasteiger partial charge in [-0.25, -0.2) is 17.9 Å². The third-order valence-electron chi connectivity index (χ3n) is 3.65. The van der Waals surface area contributed by atoms with Gasteiger partial charge in [0.05, 0.1) is 10.5 Å². The molecule has 20 heavy (non-hydrogen) atoms. The number of likely N-dealkylation sites (tertiary alicyclic amines) is 1. The molecule has 1 fully saturated rings. The van der Waals surface area contributed by atoms with Gasteiger partial charge in [0, 0.05) is 13.1 Å². The van der Waals surface area contributed by atoms with Gasteiger partial charge < -0.3 is 4.90 Å². The lowest BCUT2D eigenvalue weighted by molar-refractivity contribution is 0.0782. The van der Waals surface area contributed by atoms with E-state index in [0.29, 0.717) is 19.0 Å². The summed E-state index contributed by atoms with van der Waals surface area (Å²) >= 11 is 0. The molecule has 110 valence electrons. The van der Waals surface area contributed by atoms with Gasteiger partial charge in [-0.15, -0.1) is 0 Å². The van der Waals surface area contributed by atoms with Crippen molar-refractivity contribution in [2.45, 2.75) is 24.7 Å². The lowest BCUT2D eigenvalue weighted by atomic mass is 10.1. The summed E-state index contributed by atoms with van der Waals surface area (Å²) in [6.07, 6.45) is 1.85. The van der Waals surface area contributed by atoms with Crippen molar-refractivity contribution in [3.63, 3.8) is 0 Å². The lowest BCUT2D eigenvalue weighted by Gasteiger charge is -2.17. The van der Waals surface area contributed by atoms with E-state index in [2.05, 4.69) is 0 Å². The fourth-order valence-electron chi connectivity index (χ4n) is 2.37. The molecule has 1 aromatic carbocycles. The van der Waals surface area contributed by atoms with Crippen molar-refractivity contribution in [1.29, 1.82) is 0 Å². The molecule has 0 saturated carbocycles. The Morgan fingerprint density at radius 2 is 2.20 bits per heavy atom. The Bertz CT molecular complexity index is 631. The molecule has 2 N–H and O–H groups in total. The number of carbonyl (C=O) groups is 1. The quantitative estimate of drug-likeness (QED) is 0.915. The lowest BCUT2D eigenvalue weighted by Crippen LogP contribution is -2.29. The largest absolute Gasteiger partial charge is 0.338 e. The van der Waals surface area contributed by atoms with E-state index in [1.807, 2.05) is 6.92 Å². The molecule has 1 atom stereocenters. The molecule has 2 rings (SSSR count). The van der Waals surface area contributed by atoms with Gasteiger partial charge in [0.15, 0.2) is 0 Å². The van der Waals surface area contributed by atoms with Gasteiger partial charge in [0.1, 0.15) is 5.82 Å². The summed E-state index contributed by atoms with van der Waals surface area (Å²) in [5, 5.41) is 5.00. The van der Waals surface area contributed by atoms with E-state index in [9.17, 15) is 17.6 Å². The highest BCUT2D eigenvalue weighted by molar-refractivity contribution is 7.89. The summed E-state index contributed by atoms with van der Waals surface area (Å²) in [6, 6.07) is 3.02. The summed E-state index contributed by atoms with van der Waals surface area (Å²) in [5.41, 5.74) is -0.242. The summed E-state index contributed by atoms with van der Waals surface area (Å²) in [5.74, 6) is -0.797. The van der Waals surface area contributed by atoms with E-state index in [4.69, 9.17) is 5.14 Å². The van der Waals surface area contributed by atoms with Crippen LogP contribution in [0.25, 0.3) is 0 Å². The Balaban J connectivity index is 2.30. The average molecular weight is 300 g/mol. The van der Waals surface area contributed by atoms with Gasteiger partial charge in [-0.3, -0.25) is 4.79 Å². The maximum atomic E-state index is 13.8. The molecule has 1 unspecified atom stereocenters. The molecular weight excluding hydrogens is 283 g/mol. The number of hydrogen-bond acceptors (Lipinski definition) is 3. The van der Waals surface area contributed by atoms with Crippen molar-refractivity contribution in [1.82, 2.24) is 4.90 Å². The minimum atomic E-state index is -3.95. The second kappa shape index (κ2) is 5.49. The molecule has 0 spiro atoms. The Morgan fingerprint density at radius 1 is 1.50 bits per heavy atom. The molecule has 7 heteroatoms.